The first-order valence-corrected chi connectivity index (χ1v) is 8.63. The summed E-state index contributed by atoms with van der Waals surface area (Å²) in [5.74, 6) is 0.832. The van der Waals surface area contributed by atoms with Gasteiger partial charge in [0.05, 0.1) is 12.3 Å². The van der Waals surface area contributed by atoms with Crippen LogP contribution in [0.5, 0.6) is 0 Å². The molecule has 2 saturated heterocycles. The van der Waals surface area contributed by atoms with Crippen LogP contribution < -0.4 is 4.90 Å². The van der Waals surface area contributed by atoms with Crippen molar-refractivity contribution in [2.75, 3.05) is 51.8 Å². The van der Waals surface area contributed by atoms with Crippen molar-refractivity contribution in [1.82, 2.24) is 19.8 Å². The standard InChI is InChI=1S/C17H27N5O2/c1-17(15(23)20(2)3)13-21(10-11-24-17)12-14-6-7-18-16(19-14)22-8-4-5-9-22/h6-7H,4-5,8-13H2,1-3H3/t17-/m1/s1. The van der Waals surface area contributed by atoms with E-state index in [-0.39, 0.29) is 5.91 Å². The lowest BCUT2D eigenvalue weighted by Gasteiger charge is -2.40. The Morgan fingerprint density at radius 2 is 2.08 bits per heavy atom. The second-order valence-corrected chi connectivity index (χ2v) is 7.03. The molecule has 0 spiro atoms. The minimum atomic E-state index is -0.785. The topological polar surface area (TPSA) is 61.8 Å². The molecule has 0 aliphatic carbocycles. The van der Waals surface area contributed by atoms with Crippen LogP contribution in [0.2, 0.25) is 0 Å². The Morgan fingerprint density at radius 3 is 2.79 bits per heavy atom. The molecule has 3 heterocycles. The van der Waals surface area contributed by atoms with Crippen LogP contribution in [0.1, 0.15) is 25.5 Å². The van der Waals surface area contributed by atoms with Gasteiger partial charge in [0.25, 0.3) is 5.91 Å². The summed E-state index contributed by atoms with van der Waals surface area (Å²) >= 11 is 0. The van der Waals surface area contributed by atoms with Crippen LogP contribution in [0, 0.1) is 0 Å². The van der Waals surface area contributed by atoms with E-state index in [1.165, 1.54) is 12.8 Å². The van der Waals surface area contributed by atoms with Crippen LogP contribution >= 0.6 is 0 Å². The molecule has 0 aromatic carbocycles. The van der Waals surface area contributed by atoms with Crippen LogP contribution in [-0.4, -0.2) is 78.2 Å². The van der Waals surface area contributed by atoms with E-state index in [2.05, 4.69) is 14.8 Å². The van der Waals surface area contributed by atoms with Gasteiger partial charge in [0.2, 0.25) is 5.95 Å². The smallest absolute Gasteiger partial charge is 0.255 e. The molecule has 0 N–H and O–H groups in total. The number of hydrogen-bond donors (Lipinski definition) is 0. The van der Waals surface area contributed by atoms with E-state index in [1.807, 2.05) is 19.2 Å². The van der Waals surface area contributed by atoms with E-state index in [0.717, 1.165) is 31.3 Å². The predicted molar refractivity (Wildman–Crippen MR) is 91.8 cm³/mol. The van der Waals surface area contributed by atoms with Crippen LogP contribution in [0.15, 0.2) is 12.3 Å². The van der Waals surface area contributed by atoms with Crippen LogP contribution in [0.4, 0.5) is 5.95 Å². The molecule has 7 heteroatoms. The molecule has 2 fully saturated rings. The van der Waals surface area contributed by atoms with Crippen molar-refractivity contribution < 1.29 is 9.53 Å². The van der Waals surface area contributed by atoms with Crippen LogP contribution in [0.25, 0.3) is 0 Å². The largest absolute Gasteiger partial charge is 0.363 e. The number of aromatic nitrogens is 2. The van der Waals surface area contributed by atoms with Crippen LogP contribution in [-0.2, 0) is 16.1 Å². The first-order valence-electron chi connectivity index (χ1n) is 8.63. The molecule has 132 valence electrons. The number of anilines is 1. The number of carbonyl (C=O) groups excluding carboxylic acids is 1. The van der Waals surface area contributed by atoms with Gasteiger partial charge in [-0.2, -0.15) is 0 Å². The Kier molecular flexibility index (Phi) is 5.01. The van der Waals surface area contributed by atoms with Gasteiger partial charge in [0.15, 0.2) is 5.60 Å². The molecule has 24 heavy (non-hydrogen) atoms. The lowest BCUT2D eigenvalue weighted by Crippen LogP contribution is -2.57. The Balaban J connectivity index is 1.67. The van der Waals surface area contributed by atoms with E-state index in [1.54, 1.807) is 19.0 Å². The monoisotopic (exact) mass is 333 g/mol. The van der Waals surface area contributed by atoms with Crippen molar-refractivity contribution in [1.29, 1.82) is 0 Å². The molecule has 1 aromatic rings. The summed E-state index contributed by atoms with van der Waals surface area (Å²) in [6.45, 7) is 6.60. The normalized spacial score (nSPS) is 25.0. The zero-order valence-electron chi connectivity index (χ0n) is 14.9. The van der Waals surface area contributed by atoms with Gasteiger partial charge in [-0.15, -0.1) is 0 Å². The van der Waals surface area contributed by atoms with E-state index in [9.17, 15) is 4.79 Å². The van der Waals surface area contributed by atoms with Gasteiger partial charge in [-0.05, 0) is 25.8 Å². The maximum Gasteiger partial charge on any atom is 0.255 e. The highest BCUT2D eigenvalue weighted by Crippen LogP contribution is 2.22. The van der Waals surface area contributed by atoms with E-state index in [0.29, 0.717) is 19.7 Å². The Bertz CT molecular complexity index is 588. The van der Waals surface area contributed by atoms with Gasteiger partial charge in [-0.3, -0.25) is 9.69 Å². The van der Waals surface area contributed by atoms with Gasteiger partial charge in [-0.1, -0.05) is 0 Å². The SMILES string of the molecule is CN(C)C(=O)[C@@]1(C)CN(Cc2ccnc(N3CCCC3)n2)CCO1. The van der Waals surface area contributed by atoms with E-state index < -0.39 is 5.60 Å². The van der Waals surface area contributed by atoms with E-state index in [4.69, 9.17) is 9.72 Å². The van der Waals surface area contributed by atoms with Crippen molar-refractivity contribution in [2.45, 2.75) is 31.9 Å². The minimum Gasteiger partial charge on any atom is -0.363 e. The Labute approximate surface area is 143 Å². The molecule has 2 aliphatic heterocycles. The average molecular weight is 333 g/mol. The molecule has 0 saturated carbocycles. The van der Waals surface area contributed by atoms with Gasteiger partial charge in [0.1, 0.15) is 0 Å². The molecule has 7 nitrogen and oxygen atoms in total. The third kappa shape index (κ3) is 3.67. The summed E-state index contributed by atoms with van der Waals surface area (Å²) in [5, 5.41) is 0. The number of carbonyl (C=O) groups is 1. The number of nitrogens with zero attached hydrogens (tertiary/aromatic N) is 5. The fourth-order valence-electron chi connectivity index (χ4n) is 3.46. The van der Waals surface area contributed by atoms with Gasteiger partial charge >= 0.3 is 0 Å². The molecule has 1 amide bonds. The molecule has 0 unspecified atom stereocenters. The fourth-order valence-corrected chi connectivity index (χ4v) is 3.46. The molecule has 2 aliphatic rings. The summed E-state index contributed by atoms with van der Waals surface area (Å²) in [6.07, 6.45) is 4.25. The van der Waals surface area contributed by atoms with E-state index >= 15 is 0 Å². The molecular weight excluding hydrogens is 306 g/mol. The van der Waals surface area contributed by atoms with Crippen LogP contribution in [0.3, 0.4) is 0 Å². The zero-order chi connectivity index (χ0) is 17.2. The number of morpholine rings is 1. The summed E-state index contributed by atoms with van der Waals surface area (Å²) in [4.78, 5) is 27.6. The highest BCUT2D eigenvalue weighted by atomic mass is 16.5. The number of ether oxygens (including phenoxy) is 1. The predicted octanol–water partition coefficient (Wildman–Crippen LogP) is 0.756. The Morgan fingerprint density at radius 1 is 1.33 bits per heavy atom. The van der Waals surface area contributed by atoms with Gasteiger partial charge in [-0.25, -0.2) is 9.97 Å². The molecule has 0 radical (unpaired) electrons. The maximum absolute atomic E-state index is 12.4. The molecule has 3 rings (SSSR count). The Hall–Kier alpha value is -1.73. The molecule has 1 aromatic heterocycles. The first kappa shape index (κ1) is 17.1. The molecular formula is C17H27N5O2. The zero-order valence-corrected chi connectivity index (χ0v) is 14.9. The average Bonchev–Trinajstić information content (AvgIpc) is 3.09. The molecule has 1 atom stereocenters. The van der Waals surface area contributed by atoms with Crippen molar-refractivity contribution in [3.63, 3.8) is 0 Å². The third-order valence-electron chi connectivity index (χ3n) is 4.69. The minimum absolute atomic E-state index is 0.00708. The second kappa shape index (κ2) is 7.03. The number of likely N-dealkylation sites (N-methyl/N-ethyl adjacent to an activating group) is 1. The van der Waals surface area contributed by atoms with Gasteiger partial charge in [0, 0.05) is 53.0 Å². The van der Waals surface area contributed by atoms with Crippen molar-refractivity contribution in [2.24, 2.45) is 0 Å². The lowest BCUT2D eigenvalue weighted by atomic mass is 10.0. The second-order valence-electron chi connectivity index (χ2n) is 7.03. The number of rotatable bonds is 4. The number of hydrogen-bond acceptors (Lipinski definition) is 6. The fraction of sp³-hybridized carbons (Fsp3) is 0.706. The highest BCUT2D eigenvalue weighted by Gasteiger charge is 2.40. The summed E-state index contributed by atoms with van der Waals surface area (Å²) in [7, 11) is 3.53. The highest BCUT2D eigenvalue weighted by molar-refractivity contribution is 5.84. The maximum atomic E-state index is 12.4. The van der Waals surface area contributed by atoms with Gasteiger partial charge < -0.3 is 14.5 Å². The quantitative estimate of drug-likeness (QED) is 0.811. The summed E-state index contributed by atoms with van der Waals surface area (Å²) in [5.41, 5.74) is 0.209. The summed E-state index contributed by atoms with van der Waals surface area (Å²) < 4.78 is 5.79. The first-order chi connectivity index (χ1) is 11.5. The number of amides is 1. The summed E-state index contributed by atoms with van der Waals surface area (Å²) in [6, 6.07) is 1.96. The van der Waals surface area contributed by atoms with Crippen molar-refractivity contribution in [3.8, 4) is 0 Å². The molecule has 0 bridgehead atoms. The third-order valence-corrected chi connectivity index (χ3v) is 4.69. The van der Waals surface area contributed by atoms with Crippen molar-refractivity contribution >= 4 is 11.9 Å². The lowest BCUT2D eigenvalue weighted by molar-refractivity contribution is -0.165. The van der Waals surface area contributed by atoms with Crippen molar-refractivity contribution in [3.05, 3.63) is 18.0 Å².